The molecular weight excluding hydrogens is 1040 g/mol. The number of halogens is 2. The second-order valence-corrected chi connectivity index (χ2v) is 20.1. The first-order valence-electron chi connectivity index (χ1n) is 24.6. The molecule has 2 atom stereocenters. The Bertz CT molecular complexity index is 3490. The highest BCUT2D eigenvalue weighted by Crippen LogP contribution is 2.36. The van der Waals surface area contributed by atoms with Gasteiger partial charge in [-0.1, -0.05) is 77.8 Å². The van der Waals surface area contributed by atoms with Crippen molar-refractivity contribution in [1.82, 2.24) is 9.13 Å². The third kappa shape index (κ3) is 15.2. The van der Waals surface area contributed by atoms with Gasteiger partial charge in [0.25, 0.3) is 11.1 Å². The van der Waals surface area contributed by atoms with Gasteiger partial charge < -0.3 is 33.6 Å². The second-order valence-electron chi connectivity index (χ2n) is 19.3. The van der Waals surface area contributed by atoms with Gasteiger partial charge in [0.1, 0.15) is 11.5 Å². The number of carboxylic acids is 2. The second kappa shape index (κ2) is 26.2. The van der Waals surface area contributed by atoms with E-state index in [4.69, 9.17) is 47.6 Å². The number of pyridine rings is 2. The number of carbonyl (C=O) groups is 6. The molecule has 0 spiro atoms. The van der Waals surface area contributed by atoms with Crippen LogP contribution in [0.2, 0.25) is 10.0 Å². The number of hydrogen-bond donors (Lipinski definition) is 2. The van der Waals surface area contributed by atoms with E-state index in [1.54, 1.807) is 60.7 Å². The number of carboxylic acid groups (broad SMARTS) is 2. The molecule has 2 N–H and O–H groups in total. The minimum Gasteiger partial charge on any atom is -0.495 e. The van der Waals surface area contributed by atoms with Gasteiger partial charge in [0.2, 0.25) is 0 Å². The molecule has 0 amide bonds. The number of benzene rings is 5. The van der Waals surface area contributed by atoms with Gasteiger partial charge in [0, 0.05) is 70.3 Å². The van der Waals surface area contributed by atoms with E-state index in [1.807, 2.05) is 51.1 Å². The maximum absolute atomic E-state index is 13.7. The van der Waals surface area contributed by atoms with Crippen LogP contribution in [0.3, 0.4) is 0 Å². The first-order valence-corrected chi connectivity index (χ1v) is 25.3. The zero-order chi connectivity index (χ0) is 57.0. The van der Waals surface area contributed by atoms with Gasteiger partial charge in [-0.15, -0.1) is 0 Å². The Balaban J connectivity index is 0.000000252. The maximum atomic E-state index is 13.7. The molecule has 0 fully saturated rings. The van der Waals surface area contributed by atoms with Crippen LogP contribution >= 0.6 is 23.2 Å². The van der Waals surface area contributed by atoms with Crippen molar-refractivity contribution in [2.75, 3.05) is 20.8 Å². The number of ketones is 4. The van der Waals surface area contributed by atoms with Crippen molar-refractivity contribution in [2.24, 2.45) is 0 Å². The number of Topliss-reactive ketones (excluding diaryl/α,β-unsaturated/α-hetero) is 4. The summed E-state index contributed by atoms with van der Waals surface area (Å²) in [6.07, 6.45) is 3.42. The molecule has 15 nitrogen and oxygen atoms in total. The summed E-state index contributed by atoms with van der Waals surface area (Å²) < 4.78 is 19.7. The number of aromatic carboxylic acids is 2. The Morgan fingerprint density at radius 3 is 1.33 bits per heavy atom. The van der Waals surface area contributed by atoms with Crippen LogP contribution in [0.4, 0.5) is 0 Å². The van der Waals surface area contributed by atoms with Crippen molar-refractivity contribution < 1.29 is 53.2 Å². The molecule has 2 aromatic heterocycles. The predicted molar refractivity (Wildman–Crippen MR) is 298 cm³/mol. The molecule has 17 heteroatoms. The highest BCUT2D eigenvalue weighted by molar-refractivity contribution is 6.31. The van der Waals surface area contributed by atoms with Gasteiger partial charge in [-0.2, -0.15) is 0 Å². The third-order valence-corrected chi connectivity index (χ3v) is 13.1. The minimum absolute atomic E-state index is 0.00329. The van der Waals surface area contributed by atoms with Crippen LogP contribution in [-0.2, 0) is 33.6 Å². The van der Waals surface area contributed by atoms with Crippen molar-refractivity contribution in [1.29, 1.82) is 0 Å². The molecule has 0 saturated carbocycles. The van der Waals surface area contributed by atoms with E-state index in [0.29, 0.717) is 66.1 Å². The number of methoxy groups -OCH3 is 2. The maximum Gasteiger partial charge on any atom is 0.335 e. The Morgan fingerprint density at radius 2 is 0.949 bits per heavy atom. The lowest BCUT2D eigenvalue weighted by molar-refractivity contribution is -0.123. The molecule has 0 saturated heterocycles. The molecule has 0 aliphatic carbocycles. The molecule has 0 bridgehead atoms. The highest BCUT2D eigenvalue weighted by atomic mass is 35.5. The summed E-state index contributed by atoms with van der Waals surface area (Å²) in [6, 6.07) is 32.0. The van der Waals surface area contributed by atoms with Crippen molar-refractivity contribution in [3.63, 3.8) is 0 Å². The fourth-order valence-corrected chi connectivity index (χ4v) is 9.03. The van der Waals surface area contributed by atoms with Crippen LogP contribution in [0.25, 0.3) is 22.3 Å². The van der Waals surface area contributed by atoms with Crippen LogP contribution in [0.1, 0.15) is 111 Å². The number of nitrogens with zero attached hydrogens (tertiary/aromatic N) is 2. The Hall–Kier alpha value is -8.24. The molecule has 0 unspecified atom stereocenters. The van der Waals surface area contributed by atoms with Crippen LogP contribution in [-0.4, -0.2) is 80.8 Å². The van der Waals surface area contributed by atoms with Crippen molar-refractivity contribution >= 4 is 58.3 Å². The van der Waals surface area contributed by atoms with Gasteiger partial charge in [-0.05, 0) is 130 Å². The lowest BCUT2D eigenvalue weighted by Crippen LogP contribution is -2.32. The number of carbonyl (C=O) groups excluding carboxylic acids is 4. The van der Waals surface area contributed by atoms with E-state index < -0.39 is 40.7 Å². The fraction of sp³-hybridized carbons (Fsp3) is 0.246. The standard InChI is InChI=1S/C31H26ClNO6.C30H32ClNO7/c1-19(34)24-13-12-23(32)16-25(24)26-17-30(36)33(18-29(26)39-2)27(14-20-6-4-3-5-7-20)28(35)15-21-8-10-22(11-9-21)31(37)38;1-18(33)22-11-10-21(31)15-23(22)24-16-28(35)32(17-27(24)38-5)25(12-13-39-30(2,3)4)26(34)14-19-6-8-20(9-7-19)29(36)37/h3-13,16-18,27H,14-15H2,1-2H3,(H,37,38);6-11,15-17,25H,12-14H2,1-5H3,(H,36,37)/t27-;25-/m00/s1. The Morgan fingerprint density at radius 1 is 0.538 bits per heavy atom. The lowest BCUT2D eigenvalue weighted by atomic mass is 9.95. The SMILES string of the molecule is COc1cn([C@@H](CCOC(C)(C)C)C(=O)Cc2ccc(C(=O)O)cc2)c(=O)cc1-c1cc(Cl)ccc1C(C)=O.COc1cn([C@@H](Cc2ccccc2)C(=O)Cc2ccc(C(=O)O)cc2)c(=O)cc1-c1cc(Cl)ccc1C(C)=O. The topological polar surface area (TPSA) is 215 Å². The largest absolute Gasteiger partial charge is 0.495 e. The fourth-order valence-electron chi connectivity index (χ4n) is 8.69. The molecule has 0 aliphatic rings. The summed E-state index contributed by atoms with van der Waals surface area (Å²) >= 11 is 12.4. The molecule has 5 aromatic carbocycles. The van der Waals surface area contributed by atoms with E-state index in [9.17, 15) is 38.4 Å². The lowest BCUT2D eigenvalue weighted by Gasteiger charge is -2.24. The molecule has 0 radical (unpaired) electrons. The average Bonchev–Trinajstić information content (AvgIpc) is 3.39. The summed E-state index contributed by atoms with van der Waals surface area (Å²) in [7, 11) is 2.89. The molecule has 78 heavy (non-hydrogen) atoms. The Kier molecular flexibility index (Phi) is 19.8. The van der Waals surface area contributed by atoms with Crippen LogP contribution in [0.5, 0.6) is 11.5 Å². The summed E-state index contributed by atoms with van der Waals surface area (Å²) in [4.78, 5) is 101. The molecule has 404 valence electrons. The van der Waals surface area contributed by atoms with E-state index in [1.165, 1.54) is 86.0 Å². The van der Waals surface area contributed by atoms with Gasteiger partial charge in [0.05, 0.1) is 55.4 Å². The smallest absolute Gasteiger partial charge is 0.335 e. The van der Waals surface area contributed by atoms with E-state index in [2.05, 4.69) is 0 Å². The molecule has 2 heterocycles. The Labute approximate surface area is 460 Å². The quantitative estimate of drug-likeness (QED) is 0.0642. The van der Waals surface area contributed by atoms with Gasteiger partial charge >= 0.3 is 11.9 Å². The van der Waals surface area contributed by atoms with Gasteiger partial charge in [-0.25, -0.2) is 9.59 Å². The molecule has 7 aromatic rings. The average molecular weight is 1100 g/mol. The summed E-state index contributed by atoms with van der Waals surface area (Å²) in [5.41, 5.74) is 3.44. The van der Waals surface area contributed by atoms with E-state index in [0.717, 1.165) is 5.56 Å². The molecular formula is C61H58Cl2N2O13. The van der Waals surface area contributed by atoms with Crippen LogP contribution < -0.4 is 20.6 Å². The van der Waals surface area contributed by atoms with Crippen LogP contribution in [0, 0.1) is 0 Å². The minimum atomic E-state index is -1.06. The highest BCUT2D eigenvalue weighted by Gasteiger charge is 2.28. The zero-order valence-corrected chi connectivity index (χ0v) is 45.5. The first-order chi connectivity index (χ1) is 37.0. The van der Waals surface area contributed by atoms with Gasteiger partial charge in [-0.3, -0.25) is 28.8 Å². The summed E-state index contributed by atoms with van der Waals surface area (Å²) in [5.74, 6) is -2.40. The van der Waals surface area contributed by atoms with Crippen molar-refractivity contribution in [3.8, 4) is 33.8 Å². The predicted octanol–water partition coefficient (Wildman–Crippen LogP) is 11.3. The van der Waals surface area contributed by atoms with Crippen molar-refractivity contribution in [2.45, 2.75) is 78.0 Å². The number of ether oxygens (including phenoxy) is 3. The number of rotatable bonds is 21. The third-order valence-electron chi connectivity index (χ3n) is 12.6. The van der Waals surface area contributed by atoms with E-state index >= 15 is 0 Å². The molecule has 7 rings (SSSR count). The zero-order valence-electron chi connectivity index (χ0n) is 44.0. The number of aromatic nitrogens is 2. The summed E-state index contributed by atoms with van der Waals surface area (Å²) in [6.45, 7) is 8.77. The van der Waals surface area contributed by atoms with Crippen LogP contribution in [0.15, 0.2) is 149 Å². The van der Waals surface area contributed by atoms with E-state index in [-0.39, 0.29) is 66.6 Å². The first kappa shape index (κ1) is 59.0. The van der Waals surface area contributed by atoms with Gasteiger partial charge in [0.15, 0.2) is 23.1 Å². The summed E-state index contributed by atoms with van der Waals surface area (Å²) in [5, 5.41) is 19.1. The van der Waals surface area contributed by atoms with Crippen molar-refractivity contribution in [3.05, 3.63) is 209 Å². The monoisotopic (exact) mass is 1100 g/mol. The molecule has 0 aliphatic heterocycles. The number of hydrogen-bond acceptors (Lipinski definition) is 11. The normalized spacial score (nSPS) is 11.9.